The summed E-state index contributed by atoms with van der Waals surface area (Å²) in [5.74, 6) is 0. The first-order valence-corrected chi connectivity index (χ1v) is 5.67. The van der Waals surface area contributed by atoms with Gasteiger partial charge in [0.2, 0.25) is 0 Å². The number of allylic oxidation sites excluding steroid dienone is 1. The first-order valence-electron chi connectivity index (χ1n) is 5.67. The van der Waals surface area contributed by atoms with Gasteiger partial charge in [0.1, 0.15) is 0 Å². The van der Waals surface area contributed by atoms with Crippen molar-refractivity contribution < 1.29 is 0 Å². The molecule has 0 nitrogen and oxygen atoms in total. The van der Waals surface area contributed by atoms with Crippen LogP contribution in [0.1, 0.15) is 42.5 Å². The van der Waals surface area contributed by atoms with Crippen molar-refractivity contribution in [2.45, 2.75) is 39.5 Å². The van der Waals surface area contributed by atoms with Crippen molar-refractivity contribution >= 4 is 6.08 Å². The van der Waals surface area contributed by atoms with Crippen LogP contribution in [0.5, 0.6) is 0 Å². The Morgan fingerprint density at radius 1 is 1.14 bits per heavy atom. The van der Waals surface area contributed by atoms with Crippen LogP contribution >= 0.6 is 0 Å². The third-order valence-corrected chi connectivity index (χ3v) is 3.05. The SMILES string of the molecule is CCCc1ccc(CC)c2c1CC=C2. The van der Waals surface area contributed by atoms with Crippen LogP contribution in [0.15, 0.2) is 18.2 Å². The molecule has 0 bridgehead atoms. The van der Waals surface area contributed by atoms with Crippen molar-refractivity contribution in [1.82, 2.24) is 0 Å². The van der Waals surface area contributed by atoms with E-state index in [0.29, 0.717) is 0 Å². The highest BCUT2D eigenvalue weighted by molar-refractivity contribution is 5.65. The van der Waals surface area contributed by atoms with Crippen LogP contribution in [0, 0.1) is 0 Å². The van der Waals surface area contributed by atoms with Gasteiger partial charge in [0.25, 0.3) is 0 Å². The van der Waals surface area contributed by atoms with Crippen molar-refractivity contribution in [3.8, 4) is 0 Å². The average Bonchev–Trinajstić information content (AvgIpc) is 2.67. The largest absolute Gasteiger partial charge is 0.0795 e. The Kier molecular flexibility index (Phi) is 2.72. The molecule has 14 heavy (non-hydrogen) atoms. The minimum absolute atomic E-state index is 1.15. The van der Waals surface area contributed by atoms with Crippen LogP contribution in [0.3, 0.4) is 0 Å². The lowest BCUT2D eigenvalue weighted by molar-refractivity contribution is 0.904. The van der Waals surface area contributed by atoms with Crippen molar-refractivity contribution in [1.29, 1.82) is 0 Å². The molecule has 0 aromatic heterocycles. The first-order chi connectivity index (χ1) is 6.86. The van der Waals surface area contributed by atoms with Gasteiger partial charge in [-0.15, -0.1) is 0 Å². The molecule has 0 fully saturated rings. The number of hydrogen-bond donors (Lipinski definition) is 0. The molecule has 0 atom stereocenters. The van der Waals surface area contributed by atoms with Gasteiger partial charge >= 0.3 is 0 Å². The van der Waals surface area contributed by atoms with Crippen LogP contribution in [0.25, 0.3) is 6.08 Å². The summed E-state index contributed by atoms with van der Waals surface area (Å²) < 4.78 is 0. The van der Waals surface area contributed by atoms with Gasteiger partial charge in [0.05, 0.1) is 0 Å². The summed E-state index contributed by atoms with van der Waals surface area (Å²) >= 11 is 0. The summed E-state index contributed by atoms with van der Waals surface area (Å²) in [6.07, 6.45) is 9.37. The molecular weight excluding hydrogens is 168 g/mol. The van der Waals surface area contributed by atoms with Gasteiger partial charge in [-0.2, -0.15) is 0 Å². The van der Waals surface area contributed by atoms with Gasteiger partial charge in [-0.25, -0.2) is 0 Å². The Balaban J connectivity index is 2.45. The molecule has 0 N–H and O–H groups in total. The van der Waals surface area contributed by atoms with Crippen molar-refractivity contribution in [2.75, 3.05) is 0 Å². The molecule has 0 heterocycles. The summed E-state index contributed by atoms with van der Waals surface area (Å²) in [4.78, 5) is 0. The summed E-state index contributed by atoms with van der Waals surface area (Å²) in [5.41, 5.74) is 6.17. The maximum absolute atomic E-state index is 2.33. The molecule has 1 aromatic carbocycles. The van der Waals surface area contributed by atoms with Crippen molar-refractivity contribution in [2.24, 2.45) is 0 Å². The van der Waals surface area contributed by atoms with E-state index in [0.717, 1.165) is 12.8 Å². The van der Waals surface area contributed by atoms with Crippen molar-refractivity contribution in [3.05, 3.63) is 40.5 Å². The fraction of sp³-hybridized carbons (Fsp3) is 0.429. The summed E-state index contributed by atoms with van der Waals surface area (Å²) in [6, 6.07) is 4.63. The molecule has 0 radical (unpaired) electrons. The lowest BCUT2D eigenvalue weighted by Crippen LogP contribution is -1.96. The zero-order valence-electron chi connectivity index (χ0n) is 9.14. The van der Waals surface area contributed by atoms with Gasteiger partial charge in [-0.05, 0) is 41.5 Å². The number of benzene rings is 1. The molecule has 0 amide bonds. The van der Waals surface area contributed by atoms with E-state index in [1.165, 1.54) is 24.0 Å². The van der Waals surface area contributed by atoms with E-state index in [-0.39, 0.29) is 0 Å². The Bertz CT molecular complexity index is 359. The first kappa shape index (κ1) is 9.51. The molecule has 1 aliphatic rings. The molecule has 0 spiro atoms. The number of aryl methyl sites for hydroxylation is 2. The van der Waals surface area contributed by atoms with Crippen LogP contribution in [0.2, 0.25) is 0 Å². The fourth-order valence-corrected chi connectivity index (χ4v) is 2.31. The molecule has 2 rings (SSSR count). The molecular formula is C14H18. The predicted molar refractivity (Wildman–Crippen MR) is 62.6 cm³/mol. The summed E-state index contributed by atoms with van der Waals surface area (Å²) in [7, 11) is 0. The molecule has 1 aromatic rings. The fourth-order valence-electron chi connectivity index (χ4n) is 2.31. The smallest absolute Gasteiger partial charge is 0.00853 e. The molecule has 0 aliphatic heterocycles. The lowest BCUT2D eigenvalue weighted by Gasteiger charge is -2.11. The van der Waals surface area contributed by atoms with Gasteiger partial charge < -0.3 is 0 Å². The third kappa shape index (κ3) is 1.50. The van der Waals surface area contributed by atoms with E-state index < -0.39 is 0 Å². The molecule has 1 aliphatic carbocycles. The quantitative estimate of drug-likeness (QED) is 0.674. The molecule has 0 saturated heterocycles. The molecule has 0 saturated carbocycles. The third-order valence-electron chi connectivity index (χ3n) is 3.05. The highest BCUT2D eigenvalue weighted by Crippen LogP contribution is 2.27. The predicted octanol–water partition coefficient (Wildman–Crippen LogP) is 3.77. The van der Waals surface area contributed by atoms with E-state index in [4.69, 9.17) is 0 Å². The minimum atomic E-state index is 1.15. The highest BCUT2D eigenvalue weighted by Gasteiger charge is 2.12. The molecule has 74 valence electrons. The summed E-state index contributed by atoms with van der Waals surface area (Å²) in [5, 5.41) is 0. The lowest BCUT2D eigenvalue weighted by atomic mass is 9.94. The zero-order chi connectivity index (χ0) is 9.97. The second-order valence-electron chi connectivity index (χ2n) is 3.99. The zero-order valence-corrected chi connectivity index (χ0v) is 9.14. The summed E-state index contributed by atoms with van der Waals surface area (Å²) in [6.45, 7) is 4.49. The number of rotatable bonds is 3. The molecule has 0 heteroatoms. The minimum Gasteiger partial charge on any atom is -0.0795 e. The van der Waals surface area contributed by atoms with Crippen LogP contribution in [-0.2, 0) is 19.3 Å². The van der Waals surface area contributed by atoms with E-state index in [9.17, 15) is 0 Å². The van der Waals surface area contributed by atoms with Crippen LogP contribution < -0.4 is 0 Å². The standard InChI is InChI=1S/C14H18/c1-3-6-12-10-9-11(4-2)13-7-5-8-14(12)13/h5,7,9-10H,3-4,6,8H2,1-2H3. The Morgan fingerprint density at radius 3 is 2.64 bits per heavy atom. The molecule has 0 unspecified atom stereocenters. The Labute approximate surface area is 86.7 Å². The maximum Gasteiger partial charge on any atom is -0.00853 e. The van der Waals surface area contributed by atoms with Gasteiger partial charge in [0, 0.05) is 0 Å². The van der Waals surface area contributed by atoms with Gasteiger partial charge in [-0.1, -0.05) is 44.6 Å². The van der Waals surface area contributed by atoms with E-state index in [2.05, 4.69) is 38.1 Å². The topological polar surface area (TPSA) is 0 Å². The second-order valence-corrected chi connectivity index (χ2v) is 3.99. The Morgan fingerprint density at radius 2 is 1.93 bits per heavy atom. The highest BCUT2D eigenvalue weighted by atomic mass is 14.2. The van der Waals surface area contributed by atoms with E-state index in [1.807, 2.05) is 0 Å². The Hall–Kier alpha value is -1.04. The normalized spacial score (nSPS) is 13.3. The van der Waals surface area contributed by atoms with Crippen LogP contribution in [-0.4, -0.2) is 0 Å². The van der Waals surface area contributed by atoms with Gasteiger partial charge in [0.15, 0.2) is 0 Å². The average molecular weight is 186 g/mol. The van der Waals surface area contributed by atoms with E-state index >= 15 is 0 Å². The second kappa shape index (κ2) is 4.00. The van der Waals surface area contributed by atoms with Crippen molar-refractivity contribution in [3.63, 3.8) is 0 Å². The van der Waals surface area contributed by atoms with Crippen LogP contribution in [0.4, 0.5) is 0 Å². The number of fused-ring (bicyclic) bond motifs is 1. The van der Waals surface area contributed by atoms with E-state index in [1.54, 1.807) is 11.1 Å². The monoisotopic (exact) mass is 186 g/mol. The maximum atomic E-state index is 2.33. The number of hydrogen-bond acceptors (Lipinski definition) is 0. The van der Waals surface area contributed by atoms with Gasteiger partial charge in [-0.3, -0.25) is 0 Å².